The van der Waals surface area contributed by atoms with Gasteiger partial charge in [0, 0.05) is 83.4 Å². The van der Waals surface area contributed by atoms with Crippen molar-refractivity contribution in [3.63, 3.8) is 0 Å². The van der Waals surface area contributed by atoms with E-state index in [9.17, 15) is 0 Å². The molecule has 0 spiro atoms. The molecule has 0 aliphatic carbocycles. The topological polar surface area (TPSA) is 45.9 Å². The lowest BCUT2D eigenvalue weighted by Crippen LogP contribution is -2.10. The molecule has 0 saturated carbocycles. The Bertz CT molecular complexity index is 7510. The summed E-state index contributed by atoms with van der Waals surface area (Å²) < 4.78 is 27.4. The second kappa shape index (κ2) is 25.2. The lowest BCUT2D eigenvalue weighted by molar-refractivity contribution is 0.668. The summed E-state index contributed by atoms with van der Waals surface area (Å²) in [6, 6.07) is 131. The van der Waals surface area contributed by atoms with E-state index in [1.807, 2.05) is 46.1 Å². The number of fused-ring (bicyclic) bond motifs is 21. The minimum Gasteiger partial charge on any atom is -0.456 e. The van der Waals surface area contributed by atoms with Crippen LogP contribution in [-0.2, 0) is 0 Å². The number of benzene rings is 17. The minimum atomic E-state index is 0.856. The van der Waals surface area contributed by atoms with Crippen LogP contribution in [0.2, 0.25) is 0 Å². The van der Waals surface area contributed by atoms with Gasteiger partial charge in [0.25, 0.3) is 0 Å². The second-order valence-corrected chi connectivity index (χ2v) is 30.8. The Morgan fingerprint density at radius 3 is 1.04 bits per heavy atom. The molecule has 0 N–H and O–H groups in total. The van der Waals surface area contributed by atoms with E-state index in [4.69, 9.17) is 13.3 Å². The van der Waals surface area contributed by atoms with Crippen LogP contribution in [0.1, 0.15) is 0 Å². The fourth-order valence-corrected chi connectivity index (χ4v) is 20.2. The van der Waals surface area contributed by atoms with Crippen molar-refractivity contribution >= 4 is 205 Å². The number of para-hydroxylation sites is 1. The first-order valence-electron chi connectivity index (χ1n) is 36.4. The normalized spacial score (nSPS) is 11.9. The number of thiophene rings is 3. The van der Waals surface area contributed by atoms with E-state index in [0.29, 0.717) is 0 Å². The molecular weight excluding hydrogens is 1370 g/mol. The molecule has 17 aromatic carbocycles. The average molecular weight is 1430 g/mol. The van der Waals surface area contributed by atoms with Gasteiger partial charge in [-0.2, -0.15) is 0 Å². The molecule has 6 aromatic heterocycles. The highest BCUT2D eigenvalue weighted by Crippen LogP contribution is 2.53. The van der Waals surface area contributed by atoms with Crippen molar-refractivity contribution in [2.24, 2.45) is 0 Å². The van der Waals surface area contributed by atoms with Crippen LogP contribution in [0.4, 0.5) is 34.1 Å². The van der Waals surface area contributed by atoms with Gasteiger partial charge in [0.15, 0.2) is 0 Å². The summed E-state index contributed by atoms with van der Waals surface area (Å²) in [5.41, 5.74) is 21.4. The van der Waals surface area contributed by atoms with Gasteiger partial charge in [0.1, 0.15) is 33.5 Å². The van der Waals surface area contributed by atoms with Gasteiger partial charge in [-0.15, -0.1) is 34.0 Å². The van der Waals surface area contributed by atoms with Crippen molar-refractivity contribution in [1.29, 1.82) is 0 Å². The quantitative estimate of drug-likeness (QED) is 0.137. The van der Waals surface area contributed by atoms with Crippen molar-refractivity contribution in [3.8, 4) is 44.5 Å². The van der Waals surface area contributed by atoms with Crippen LogP contribution in [0.3, 0.4) is 0 Å². The maximum absolute atomic E-state index is 6.69. The number of nitrogens with zero attached hydrogens (tertiary/aromatic N) is 2. The number of rotatable bonds is 10. The fourth-order valence-electron chi connectivity index (χ4n) is 16.5. The van der Waals surface area contributed by atoms with Crippen molar-refractivity contribution in [2.75, 3.05) is 9.80 Å². The van der Waals surface area contributed by atoms with E-state index in [-0.39, 0.29) is 0 Å². The van der Waals surface area contributed by atoms with Gasteiger partial charge in [-0.05, 0) is 189 Å². The Labute approximate surface area is 632 Å². The first-order valence-corrected chi connectivity index (χ1v) is 38.9. The molecule has 0 aliphatic rings. The number of hydrogen-bond acceptors (Lipinski definition) is 8. The molecular formula is C100H60N2O3S3. The van der Waals surface area contributed by atoms with E-state index in [0.717, 1.165) is 100 Å². The summed E-state index contributed by atoms with van der Waals surface area (Å²) in [4.78, 5) is 4.84. The molecule has 0 unspecified atom stereocenters. The highest BCUT2D eigenvalue weighted by atomic mass is 32.1. The molecule has 23 rings (SSSR count). The lowest BCUT2D eigenvalue weighted by atomic mass is 9.97. The third-order valence-electron chi connectivity index (χ3n) is 21.5. The number of furan rings is 3. The first-order chi connectivity index (χ1) is 53.5. The average Bonchev–Trinajstić information content (AvgIpc) is 1.54. The predicted octanol–water partition coefficient (Wildman–Crippen LogP) is 30.9. The molecule has 0 amide bonds. The standard InChI is InChI=1S/C52H31NOS2.C48H29NO2S/c1-2-10-32(11-3-1)35-22-20-34-21-23-36(31-37(34)30-35)33-24-26-38(27-25-33)53(44-16-8-14-41-39-12-4-6-18-47(39)55-51(41)44)43-15-9-17-45-49(43)50-46(54-45)29-28-42-40-13-5-7-19-48(40)56-52(42)50;1-2-11-30(12-3-1)32-13-8-14-33(29-32)31-23-25-34(26-24-31)49(38-17-9-20-41-45(38)37-16-4-6-19-40(37)50-41)39-18-10-21-42-46(39)47-43(51-42)28-27-36-35-15-5-7-22-44(35)52-48(36)47/h1-31H;1-29H. The molecule has 5 nitrogen and oxygen atoms in total. The molecule has 0 bridgehead atoms. The summed E-state index contributed by atoms with van der Waals surface area (Å²) in [6.07, 6.45) is 0. The van der Waals surface area contributed by atoms with Gasteiger partial charge >= 0.3 is 0 Å². The van der Waals surface area contributed by atoms with Crippen LogP contribution >= 0.6 is 34.0 Å². The smallest absolute Gasteiger partial charge is 0.137 e. The van der Waals surface area contributed by atoms with Gasteiger partial charge in [0.05, 0.1) is 43.6 Å². The van der Waals surface area contributed by atoms with Gasteiger partial charge in [-0.1, -0.05) is 231 Å². The van der Waals surface area contributed by atoms with Gasteiger partial charge in [-0.25, -0.2) is 0 Å². The zero-order valence-corrected chi connectivity index (χ0v) is 60.4. The van der Waals surface area contributed by atoms with Crippen LogP contribution < -0.4 is 9.80 Å². The molecule has 6 heterocycles. The van der Waals surface area contributed by atoms with Crippen molar-refractivity contribution < 1.29 is 13.3 Å². The van der Waals surface area contributed by atoms with Gasteiger partial charge in [0.2, 0.25) is 0 Å². The van der Waals surface area contributed by atoms with Crippen molar-refractivity contribution in [1.82, 2.24) is 0 Å². The van der Waals surface area contributed by atoms with Crippen LogP contribution in [0, 0.1) is 0 Å². The monoisotopic (exact) mass is 1430 g/mol. The largest absolute Gasteiger partial charge is 0.456 e. The summed E-state index contributed by atoms with van der Waals surface area (Å²) >= 11 is 5.55. The van der Waals surface area contributed by atoms with Crippen LogP contribution in [0.5, 0.6) is 0 Å². The van der Waals surface area contributed by atoms with Crippen molar-refractivity contribution in [2.45, 2.75) is 0 Å². The molecule has 506 valence electrons. The SMILES string of the molecule is c1ccc(-c2ccc3ccc(-c4ccc(N(c5cccc6c5sc5ccccc56)c5cccc6oc7ccc8c9ccccc9sc8c7c56)cc4)cc3c2)cc1.c1ccc(-c2cccc(-c3ccc(N(c4cccc5oc6ccccc6c45)c4cccc5oc6ccc7c8ccccc8sc7c6c45)cc3)c2)cc1. The number of anilines is 6. The minimum absolute atomic E-state index is 0.856. The summed E-state index contributed by atoms with van der Waals surface area (Å²) in [5.74, 6) is 0. The van der Waals surface area contributed by atoms with Crippen LogP contribution in [0.15, 0.2) is 377 Å². The zero-order valence-electron chi connectivity index (χ0n) is 58.0. The maximum Gasteiger partial charge on any atom is 0.137 e. The van der Waals surface area contributed by atoms with E-state index in [2.05, 4.69) is 362 Å². The second-order valence-electron chi connectivity index (χ2n) is 27.7. The highest BCUT2D eigenvalue weighted by Gasteiger charge is 2.28. The Balaban J connectivity index is 0.000000134. The molecule has 108 heavy (non-hydrogen) atoms. The third-order valence-corrected chi connectivity index (χ3v) is 25.1. The van der Waals surface area contributed by atoms with E-state index in [1.54, 1.807) is 0 Å². The highest BCUT2D eigenvalue weighted by molar-refractivity contribution is 7.27. The Hall–Kier alpha value is -13.3. The molecule has 0 fully saturated rings. The third kappa shape index (κ3) is 10.2. The molecule has 8 heteroatoms. The van der Waals surface area contributed by atoms with Crippen LogP contribution in [0.25, 0.3) is 182 Å². The Morgan fingerprint density at radius 1 is 0.185 bits per heavy atom. The van der Waals surface area contributed by atoms with Gasteiger partial charge < -0.3 is 23.1 Å². The maximum atomic E-state index is 6.69. The van der Waals surface area contributed by atoms with Crippen molar-refractivity contribution in [3.05, 3.63) is 364 Å². The van der Waals surface area contributed by atoms with E-state index >= 15 is 0 Å². The molecule has 23 aromatic rings. The zero-order chi connectivity index (χ0) is 70.9. The fraction of sp³-hybridized carbons (Fsp3) is 0. The predicted molar refractivity (Wildman–Crippen MR) is 462 cm³/mol. The summed E-state index contributed by atoms with van der Waals surface area (Å²) in [5, 5.41) is 16.8. The number of hydrogen-bond donors (Lipinski definition) is 0. The molecule has 0 aliphatic heterocycles. The first kappa shape index (κ1) is 62.1. The Kier molecular flexibility index (Phi) is 14.5. The lowest BCUT2D eigenvalue weighted by Gasteiger charge is -2.27. The summed E-state index contributed by atoms with van der Waals surface area (Å²) in [7, 11) is 0. The van der Waals surface area contributed by atoms with E-state index in [1.165, 1.54) is 116 Å². The Morgan fingerprint density at radius 2 is 0.519 bits per heavy atom. The molecule has 0 atom stereocenters. The summed E-state index contributed by atoms with van der Waals surface area (Å²) in [6.45, 7) is 0. The van der Waals surface area contributed by atoms with Gasteiger partial charge in [-0.3, -0.25) is 0 Å². The molecule has 0 saturated heterocycles. The molecule has 0 radical (unpaired) electrons. The van der Waals surface area contributed by atoms with E-state index < -0.39 is 0 Å². The van der Waals surface area contributed by atoms with Crippen LogP contribution in [-0.4, -0.2) is 0 Å².